The van der Waals surface area contributed by atoms with Crippen molar-refractivity contribution < 1.29 is 42.9 Å². The van der Waals surface area contributed by atoms with Crippen LogP contribution in [0.2, 0.25) is 0 Å². The number of pyridine rings is 1. The van der Waals surface area contributed by atoms with Crippen molar-refractivity contribution in [3.63, 3.8) is 0 Å². The van der Waals surface area contributed by atoms with Gasteiger partial charge < -0.3 is 38.8 Å². The van der Waals surface area contributed by atoms with Gasteiger partial charge in [0.25, 0.3) is 17.6 Å². The van der Waals surface area contributed by atoms with Crippen molar-refractivity contribution in [1.82, 2.24) is 49.9 Å². The van der Waals surface area contributed by atoms with Crippen molar-refractivity contribution >= 4 is 29.1 Å². The van der Waals surface area contributed by atoms with E-state index in [1.165, 1.54) is 29.2 Å². The summed E-state index contributed by atoms with van der Waals surface area (Å²) < 4.78 is 31.2. The molecular formula is C39H48N10O9. The monoisotopic (exact) mass is 800 g/mol. The van der Waals surface area contributed by atoms with Gasteiger partial charge in [0.05, 0.1) is 71.8 Å². The maximum absolute atomic E-state index is 13.6. The van der Waals surface area contributed by atoms with Gasteiger partial charge >= 0.3 is 0 Å². The normalized spacial score (nSPS) is 13.7. The van der Waals surface area contributed by atoms with Crippen LogP contribution in [0.25, 0.3) is 11.4 Å². The molecule has 0 radical (unpaired) electrons. The van der Waals surface area contributed by atoms with E-state index in [4.69, 9.17) is 23.7 Å². The molecule has 3 aromatic heterocycles. The number of nitrogens with one attached hydrogen (secondary N) is 1. The number of piperazine rings is 1. The zero-order chi connectivity index (χ0) is 40.7. The molecule has 1 aromatic carbocycles. The van der Waals surface area contributed by atoms with Crippen LogP contribution in [0, 0.1) is 0 Å². The number of methoxy groups -OCH3 is 1. The predicted octanol–water partition coefficient (Wildman–Crippen LogP) is 0.701. The highest BCUT2D eigenvalue weighted by Crippen LogP contribution is 2.38. The van der Waals surface area contributed by atoms with Gasteiger partial charge in [0, 0.05) is 74.5 Å². The maximum Gasteiger partial charge on any atom is 0.295 e. The summed E-state index contributed by atoms with van der Waals surface area (Å²) in [7, 11) is 3.09. The van der Waals surface area contributed by atoms with Gasteiger partial charge in [-0.2, -0.15) is 0 Å². The molecule has 1 N–H and O–H groups in total. The van der Waals surface area contributed by atoms with Crippen LogP contribution in [0.15, 0.2) is 55.1 Å². The third-order valence-electron chi connectivity index (χ3n) is 9.48. The summed E-state index contributed by atoms with van der Waals surface area (Å²) in [5.41, 5.74) is 2.78. The van der Waals surface area contributed by atoms with E-state index in [1.54, 1.807) is 34.8 Å². The minimum Gasteiger partial charge on any atom is -0.494 e. The van der Waals surface area contributed by atoms with Crippen LogP contribution in [0.3, 0.4) is 0 Å². The molecule has 19 heteroatoms. The van der Waals surface area contributed by atoms with Crippen molar-refractivity contribution in [3.05, 3.63) is 83.3 Å². The largest absolute Gasteiger partial charge is 0.494 e. The molecule has 4 heterocycles. The number of carbonyl (C=O) groups is 4. The second-order valence-electron chi connectivity index (χ2n) is 13.2. The van der Waals surface area contributed by atoms with Crippen LogP contribution < -0.4 is 10.1 Å². The van der Waals surface area contributed by atoms with Gasteiger partial charge in [-0.25, -0.2) is 19.3 Å². The van der Waals surface area contributed by atoms with Gasteiger partial charge in [-0.1, -0.05) is 29.5 Å². The van der Waals surface area contributed by atoms with Crippen LogP contribution >= 0.6 is 0 Å². The summed E-state index contributed by atoms with van der Waals surface area (Å²) in [4.78, 5) is 63.4. The lowest BCUT2D eigenvalue weighted by molar-refractivity contribution is -0.142. The second kappa shape index (κ2) is 21.0. The molecule has 2 aliphatic rings. The minimum atomic E-state index is -0.643. The minimum absolute atomic E-state index is 0.0339. The van der Waals surface area contributed by atoms with Crippen molar-refractivity contribution in [2.45, 2.75) is 32.4 Å². The summed E-state index contributed by atoms with van der Waals surface area (Å²) in [6, 6.07) is 8.99. The third-order valence-corrected chi connectivity index (χ3v) is 9.48. The van der Waals surface area contributed by atoms with E-state index >= 15 is 0 Å². The Hall–Kier alpha value is -5.89. The van der Waals surface area contributed by atoms with Crippen LogP contribution in [0.5, 0.6) is 5.75 Å². The number of amides is 3. The fourth-order valence-electron chi connectivity index (χ4n) is 6.39. The number of ether oxygens (including phenoxy) is 5. The van der Waals surface area contributed by atoms with Gasteiger partial charge in [0.2, 0.25) is 5.91 Å². The molecule has 19 nitrogen and oxygen atoms in total. The number of hydrogen-bond acceptors (Lipinski definition) is 14. The smallest absolute Gasteiger partial charge is 0.295 e. The fourth-order valence-corrected chi connectivity index (χ4v) is 6.39. The van der Waals surface area contributed by atoms with Crippen LogP contribution in [0.4, 0.5) is 0 Å². The number of carbonyl (C=O) groups excluding carboxylic acids is 4. The summed E-state index contributed by atoms with van der Waals surface area (Å²) in [6.07, 6.45) is 7.80. The molecule has 1 saturated heterocycles. The topological polar surface area (TPSA) is 207 Å². The van der Waals surface area contributed by atoms with Crippen LogP contribution in [-0.2, 0) is 59.3 Å². The predicted molar refractivity (Wildman–Crippen MR) is 206 cm³/mol. The SMILES string of the molecule is CNC(=O)CCc1cn(CCOCCOCCOCCOCc2ncn(-c3ncc(OC)c4c3CC=C4C(=O)C(=O)N3CCN(C(=O)c4ccccc4)CC3)n2)nn1. The Morgan fingerprint density at radius 3 is 2.24 bits per heavy atom. The van der Waals surface area contributed by atoms with Gasteiger partial charge in [0.15, 0.2) is 11.6 Å². The lowest BCUT2D eigenvalue weighted by atomic mass is 10.0. The highest BCUT2D eigenvalue weighted by Gasteiger charge is 2.35. The first kappa shape index (κ1) is 41.7. The molecule has 308 valence electrons. The lowest BCUT2D eigenvalue weighted by Gasteiger charge is -2.34. The first-order valence-corrected chi connectivity index (χ1v) is 19.1. The highest BCUT2D eigenvalue weighted by molar-refractivity contribution is 6.54. The molecule has 3 amide bonds. The van der Waals surface area contributed by atoms with Crippen molar-refractivity contribution in [2.24, 2.45) is 0 Å². The molecule has 1 aliphatic heterocycles. The van der Waals surface area contributed by atoms with E-state index in [0.29, 0.717) is 119 Å². The first-order chi connectivity index (χ1) is 28.4. The Bertz CT molecular complexity index is 2040. The third kappa shape index (κ3) is 10.9. The number of hydrogen-bond donors (Lipinski definition) is 1. The number of benzene rings is 1. The van der Waals surface area contributed by atoms with Gasteiger partial charge in [0.1, 0.15) is 18.7 Å². The Morgan fingerprint density at radius 2 is 1.53 bits per heavy atom. The van der Waals surface area contributed by atoms with E-state index in [-0.39, 0.29) is 37.1 Å². The van der Waals surface area contributed by atoms with E-state index in [1.807, 2.05) is 24.4 Å². The molecule has 58 heavy (non-hydrogen) atoms. The fraction of sp³-hybridized carbons (Fsp3) is 0.462. The van der Waals surface area contributed by atoms with Gasteiger partial charge in [-0.3, -0.25) is 19.2 Å². The zero-order valence-corrected chi connectivity index (χ0v) is 32.7. The first-order valence-electron chi connectivity index (χ1n) is 19.1. The summed E-state index contributed by atoms with van der Waals surface area (Å²) in [6.45, 7) is 4.70. The number of allylic oxidation sites excluding steroid dienone is 1. The number of fused-ring (bicyclic) bond motifs is 1. The highest BCUT2D eigenvalue weighted by atomic mass is 16.6. The molecule has 0 unspecified atom stereocenters. The zero-order valence-electron chi connectivity index (χ0n) is 32.7. The average Bonchev–Trinajstić information content (AvgIpc) is 4.04. The van der Waals surface area contributed by atoms with Crippen LogP contribution in [0.1, 0.15) is 39.4 Å². The summed E-state index contributed by atoms with van der Waals surface area (Å²) in [5, 5.41) is 15.2. The molecule has 0 bridgehead atoms. The Morgan fingerprint density at radius 1 is 0.845 bits per heavy atom. The van der Waals surface area contributed by atoms with E-state index < -0.39 is 11.7 Å². The standard InChI is InChI=1S/C39H48N10O9/c1-40-34(50)11-8-29-25-48(45-43-29)16-17-55-18-19-56-20-21-57-22-23-58-26-33-42-27-49(44-33)37-31-10-9-30(35(31)32(54-2)24-41-37)36(51)39(53)47-14-12-46(13-15-47)38(52)28-6-4-3-5-7-28/h3-7,9,24-25,27H,8,10-23,26H2,1-2H3,(H,40,50). The maximum atomic E-state index is 13.6. The summed E-state index contributed by atoms with van der Waals surface area (Å²) >= 11 is 0. The number of Topliss-reactive ketones (excluding diaryl/α,β-unsaturated/α-hetero) is 1. The van der Waals surface area contributed by atoms with Crippen LogP contribution in [-0.4, -0.2) is 155 Å². The lowest BCUT2D eigenvalue weighted by Crippen LogP contribution is -2.52. The molecule has 0 atom stereocenters. The number of rotatable bonds is 22. The van der Waals surface area contributed by atoms with Crippen molar-refractivity contribution in [2.75, 3.05) is 86.6 Å². The summed E-state index contributed by atoms with van der Waals surface area (Å²) in [5.74, 6) is -0.143. The number of aryl methyl sites for hydroxylation is 1. The number of ketones is 1. The molecule has 0 spiro atoms. The van der Waals surface area contributed by atoms with Crippen molar-refractivity contribution in [3.8, 4) is 11.6 Å². The van der Waals surface area contributed by atoms with Gasteiger partial charge in [-0.05, 0) is 18.6 Å². The Kier molecular flexibility index (Phi) is 15.1. The van der Waals surface area contributed by atoms with E-state index in [2.05, 4.69) is 30.7 Å². The molecule has 4 aromatic rings. The number of nitrogens with zero attached hydrogens (tertiary/aromatic N) is 9. The molecule has 0 saturated carbocycles. The van der Waals surface area contributed by atoms with E-state index in [9.17, 15) is 19.2 Å². The Labute approximate surface area is 335 Å². The molecule has 6 rings (SSSR count). The second-order valence-corrected chi connectivity index (χ2v) is 13.2. The van der Waals surface area contributed by atoms with Gasteiger partial charge in [-0.15, -0.1) is 10.2 Å². The Balaban J connectivity index is 0.871. The van der Waals surface area contributed by atoms with Crippen molar-refractivity contribution in [1.29, 1.82) is 0 Å². The molecular weight excluding hydrogens is 752 g/mol. The molecule has 1 fully saturated rings. The molecule has 1 aliphatic carbocycles. The van der Waals surface area contributed by atoms with E-state index in [0.717, 1.165) is 5.69 Å². The quantitative estimate of drug-likeness (QED) is 0.0858. The average molecular weight is 801 g/mol. The number of aromatic nitrogens is 7.